The Hall–Kier alpha value is -0.160. The third-order valence-corrected chi connectivity index (χ3v) is 3.28. The lowest BCUT2D eigenvalue weighted by Crippen LogP contribution is -2.40. The zero-order valence-corrected chi connectivity index (χ0v) is 12.2. The van der Waals surface area contributed by atoms with Crippen LogP contribution in [0.2, 0.25) is 0 Å². The number of aliphatic hydroxyl groups excluding tert-OH is 2. The van der Waals surface area contributed by atoms with Crippen LogP contribution in [-0.4, -0.2) is 60.0 Å². The van der Waals surface area contributed by atoms with Gasteiger partial charge in [0.2, 0.25) is 0 Å². The first-order valence-corrected chi connectivity index (χ1v) is 7.16. The first kappa shape index (κ1) is 15.9. The largest absolute Gasteiger partial charge is 0.392 e. The first-order valence-electron chi connectivity index (χ1n) is 7.16. The van der Waals surface area contributed by atoms with Crippen molar-refractivity contribution in [3.05, 3.63) is 0 Å². The molecule has 0 radical (unpaired) electrons. The second kappa shape index (κ2) is 7.43. The van der Waals surface area contributed by atoms with Crippen molar-refractivity contribution >= 4 is 0 Å². The number of aliphatic hydroxyl groups is 2. The van der Waals surface area contributed by atoms with Gasteiger partial charge < -0.3 is 20.4 Å². The summed E-state index contributed by atoms with van der Waals surface area (Å²) < 4.78 is 0. The Morgan fingerprint density at radius 2 is 1.61 bits per heavy atom. The maximum atomic E-state index is 9.87. The Kier molecular flexibility index (Phi) is 6.57. The van der Waals surface area contributed by atoms with Crippen LogP contribution in [0.5, 0.6) is 0 Å². The Balaban J connectivity index is 2.05. The molecule has 0 saturated carbocycles. The minimum atomic E-state index is -0.330. The van der Waals surface area contributed by atoms with E-state index in [0.29, 0.717) is 13.1 Å². The minimum Gasteiger partial charge on any atom is -0.392 e. The Bertz CT molecular complexity index is 222. The van der Waals surface area contributed by atoms with Crippen LogP contribution in [0.25, 0.3) is 0 Å². The van der Waals surface area contributed by atoms with E-state index in [1.165, 1.54) is 12.8 Å². The van der Waals surface area contributed by atoms with Gasteiger partial charge in [0, 0.05) is 19.6 Å². The maximum Gasteiger partial charge on any atom is 0.0791 e. The van der Waals surface area contributed by atoms with Crippen LogP contribution in [0, 0.1) is 5.41 Å². The summed E-state index contributed by atoms with van der Waals surface area (Å²) in [7, 11) is 0. The van der Waals surface area contributed by atoms with Gasteiger partial charge in [0.1, 0.15) is 0 Å². The van der Waals surface area contributed by atoms with Crippen LogP contribution < -0.4 is 5.32 Å². The molecule has 18 heavy (non-hydrogen) atoms. The van der Waals surface area contributed by atoms with Gasteiger partial charge in [0.25, 0.3) is 0 Å². The Morgan fingerprint density at radius 1 is 1.06 bits per heavy atom. The molecule has 0 bridgehead atoms. The van der Waals surface area contributed by atoms with E-state index in [-0.39, 0.29) is 17.6 Å². The summed E-state index contributed by atoms with van der Waals surface area (Å²) in [5.74, 6) is 0. The summed E-state index contributed by atoms with van der Waals surface area (Å²) in [6.07, 6.45) is 2.63. The van der Waals surface area contributed by atoms with Gasteiger partial charge in [-0.15, -0.1) is 0 Å². The highest BCUT2D eigenvalue weighted by atomic mass is 16.3. The minimum absolute atomic E-state index is 0.148. The van der Waals surface area contributed by atoms with Crippen molar-refractivity contribution in [2.75, 3.05) is 32.7 Å². The molecular weight excluding hydrogens is 228 g/mol. The number of hydrogen-bond acceptors (Lipinski definition) is 4. The lowest BCUT2D eigenvalue weighted by Gasteiger charge is -2.24. The fourth-order valence-electron chi connectivity index (χ4n) is 2.52. The molecule has 1 aliphatic rings. The van der Waals surface area contributed by atoms with E-state index in [1.807, 2.05) is 0 Å². The maximum absolute atomic E-state index is 9.87. The average Bonchev–Trinajstić information content (AvgIpc) is 2.67. The molecule has 4 nitrogen and oxygen atoms in total. The van der Waals surface area contributed by atoms with Crippen LogP contribution >= 0.6 is 0 Å². The van der Waals surface area contributed by atoms with Crippen LogP contribution in [0.4, 0.5) is 0 Å². The van der Waals surface area contributed by atoms with Crippen molar-refractivity contribution in [1.29, 1.82) is 0 Å². The van der Waals surface area contributed by atoms with Crippen LogP contribution in [-0.2, 0) is 0 Å². The highest BCUT2D eigenvalue weighted by Crippen LogP contribution is 2.20. The molecule has 1 rings (SSSR count). The molecule has 108 valence electrons. The molecule has 0 aromatic rings. The number of β-amino-alcohol motifs (C(OH)–C–C–N with tert-alkyl or cyclic N) is 1. The van der Waals surface area contributed by atoms with Gasteiger partial charge in [-0.25, -0.2) is 0 Å². The van der Waals surface area contributed by atoms with Crippen molar-refractivity contribution in [2.24, 2.45) is 5.41 Å². The molecular formula is C14H30N2O2. The smallest absolute Gasteiger partial charge is 0.0791 e. The molecule has 4 heteroatoms. The zero-order valence-electron chi connectivity index (χ0n) is 12.2. The molecule has 1 aliphatic heterocycles. The number of likely N-dealkylation sites (tertiary alicyclic amines) is 1. The second-order valence-electron chi connectivity index (χ2n) is 6.74. The topological polar surface area (TPSA) is 55.7 Å². The van der Waals surface area contributed by atoms with E-state index < -0.39 is 0 Å². The molecule has 0 aromatic carbocycles. The van der Waals surface area contributed by atoms with Gasteiger partial charge in [-0.2, -0.15) is 0 Å². The zero-order chi connectivity index (χ0) is 13.6. The summed E-state index contributed by atoms with van der Waals surface area (Å²) in [6, 6.07) is 0. The van der Waals surface area contributed by atoms with Crippen molar-refractivity contribution in [3.63, 3.8) is 0 Å². The molecule has 0 spiro atoms. The van der Waals surface area contributed by atoms with Crippen molar-refractivity contribution in [3.8, 4) is 0 Å². The molecule has 0 amide bonds. The molecule has 0 aromatic heterocycles. The van der Waals surface area contributed by atoms with E-state index in [0.717, 1.165) is 26.1 Å². The van der Waals surface area contributed by atoms with E-state index in [1.54, 1.807) is 0 Å². The Morgan fingerprint density at radius 3 is 2.17 bits per heavy atom. The number of rotatable bonds is 7. The van der Waals surface area contributed by atoms with E-state index in [4.69, 9.17) is 0 Å². The second-order valence-corrected chi connectivity index (χ2v) is 6.74. The normalized spacial score (nSPS) is 21.2. The molecule has 2 unspecified atom stereocenters. The lowest BCUT2D eigenvalue weighted by atomic mass is 9.89. The molecule has 3 N–H and O–H groups in total. The molecule has 2 atom stereocenters. The highest BCUT2D eigenvalue weighted by molar-refractivity contribution is 4.74. The predicted molar refractivity (Wildman–Crippen MR) is 74.6 cm³/mol. The fourth-order valence-corrected chi connectivity index (χ4v) is 2.52. The standard InChI is InChI=1S/C14H30N2O2/c1-14(2,3)8-12(17)9-15-10-13(18)11-16-6-4-5-7-16/h12-13,15,17-18H,4-11H2,1-3H3. The highest BCUT2D eigenvalue weighted by Gasteiger charge is 2.18. The van der Waals surface area contributed by atoms with E-state index in [2.05, 4.69) is 31.0 Å². The van der Waals surface area contributed by atoms with Crippen molar-refractivity contribution in [2.45, 2.75) is 52.2 Å². The van der Waals surface area contributed by atoms with Crippen molar-refractivity contribution in [1.82, 2.24) is 10.2 Å². The van der Waals surface area contributed by atoms with Gasteiger partial charge >= 0.3 is 0 Å². The monoisotopic (exact) mass is 258 g/mol. The molecule has 1 heterocycles. The summed E-state index contributed by atoms with van der Waals surface area (Å²) in [4.78, 5) is 2.30. The number of hydrogen-bond donors (Lipinski definition) is 3. The predicted octanol–water partition coefficient (Wildman–Crippen LogP) is 0.830. The Labute approximate surface area is 111 Å². The van der Waals surface area contributed by atoms with Gasteiger partial charge in [-0.1, -0.05) is 20.8 Å². The summed E-state index contributed by atoms with van der Waals surface area (Å²) >= 11 is 0. The van der Waals surface area contributed by atoms with Gasteiger partial charge in [0.05, 0.1) is 12.2 Å². The molecule has 1 saturated heterocycles. The quantitative estimate of drug-likeness (QED) is 0.633. The number of nitrogens with zero attached hydrogens (tertiary/aromatic N) is 1. The van der Waals surface area contributed by atoms with E-state index in [9.17, 15) is 10.2 Å². The SMILES string of the molecule is CC(C)(C)CC(O)CNCC(O)CN1CCCC1. The van der Waals surface area contributed by atoms with Gasteiger partial charge in [0.15, 0.2) is 0 Å². The van der Waals surface area contributed by atoms with Gasteiger partial charge in [-0.05, 0) is 37.8 Å². The lowest BCUT2D eigenvalue weighted by molar-refractivity contribution is 0.0998. The third-order valence-electron chi connectivity index (χ3n) is 3.28. The van der Waals surface area contributed by atoms with Crippen molar-refractivity contribution < 1.29 is 10.2 Å². The van der Waals surface area contributed by atoms with Crippen LogP contribution in [0.3, 0.4) is 0 Å². The molecule has 0 aliphatic carbocycles. The first-order chi connectivity index (χ1) is 8.37. The van der Waals surface area contributed by atoms with E-state index >= 15 is 0 Å². The van der Waals surface area contributed by atoms with Gasteiger partial charge in [-0.3, -0.25) is 0 Å². The van der Waals surface area contributed by atoms with Crippen LogP contribution in [0.15, 0.2) is 0 Å². The summed E-state index contributed by atoms with van der Waals surface area (Å²) in [6.45, 7) is 10.5. The molecule has 1 fully saturated rings. The summed E-state index contributed by atoms with van der Waals surface area (Å²) in [5, 5.41) is 22.9. The average molecular weight is 258 g/mol. The van der Waals surface area contributed by atoms with Crippen LogP contribution in [0.1, 0.15) is 40.0 Å². The number of nitrogens with one attached hydrogen (secondary N) is 1. The summed E-state index contributed by atoms with van der Waals surface area (Å²) in [5.41, 5.74) is 0.148. The third kappa shape index (κ3) is 7.31. The fraction of sp³-hybridized carbons (Fsp3) is 1.00.